The molecule has 1 heterocycles. The number of rotatable bonds is 4. The van der Waals surface area contributed by atoms with E-state index in [1.54, 1.807) is 0 Å². The van der Waals surface area contributed by atoms with Gasteiger partial charge < -0.3 is 15.2 Å². The molecule has 0 radical (unpaired) electrons. The minimum Gasteiger partial charge on any atom is -0.378 e. The zero-order chi connectivity index (χ0) is 12.1. The first-order chi connectivity index (χ1) is 8.28. The molecule has 2 aliphatic rings. The van der Waals surface area contributed by atoms with Crippen LogP contribution in [0, 0.1) is 5.92 Å². The normalized spacial score (nSPS) is 39.2. The zero-order valence-electron chi connectivity index (χ0n) is 11.1. The van der Waals surface area contributed by atoms with Gasteiger partial charge in [0.05, 0.1) is 12.7 Å². The van der Waals surface area contributed by atoms with Crippen molar-refractivity contribution in [1.82, 2.24) is 0 Å². The number of hydrogen-bond donors (Lipinski definition) is 1. The van der Waals surface area contributed by atoms with E-state index in [9.17, 15) is 0 Å². The SMILES string of the molecule is CCC1CCC(OC2(CN)CCCOC2)CC1. The second-order valence-corrected chi connectivity index (χ2v) is 5.71. The maximum Gasteiger partial charge on any atom is 0.104 e. The fraction of sp³-hybridized carbons (Fsp3) is 1.00. The standard InChI is InChI=1S/C14H27NO2/c1-2-12-4-6-13(7-5-12)17-14(10-15)8-3-9-16-11-14/h12-13H,2-11,15H2,1H3. The van der Waals surface area contributed by atoms with Gasteiger partial charge in [0.25, 0.3) is 0 Å². The monoisotopic (exact) mass is 241 g/mol. The van der Waals surface area contributed by atoms with Crippen molar-refractivity contribution in [3.05, 3.63) is 0 Å². The Labute approximate surface area is 105 Å². The van der Waals surface area contributed by atoms with Crippen molar-refractivity contribution in [3.63, 3.8) is 0 Å². The molecule has 2 rings (SSSR count). The van der Waals surface area contributed by atoms with Gasteiger partial charge in [-0.25, -0.2) is 0 Å². The molecule has 1 saturated carbocycles. The Morgan fingerprint density at radius 2 is 2.06 bits per heavy atom. The average Bonchev–Trinajstić information content (AvgIpc) is 2.41. The van der Waals surface area contributed by atoms with Crippen molar-refractivity contribution in [2.75, 3.05) is 19.8 Å². The van der Waals surface area contributed by atoms with E-state index in [1.807, 2.05) is 0 Å². The summed E-state index contributed by atoms with van der Waals surface area (Å²) in [6, 6.07) is 0. The van der Waals surface area contributed by atoms with E-state index in [2.05, 4.69) is 6.92 Å². The molecule has 1 unspecified atom stereocenters. The van der Waals surface area contributed by atoms with Crippen molar-refractivity contribution in [1.29, 1.82) is 0 Å². The van der Waals surface area contributed by atoms with Crippen LogP contribution in [0.3, 0.4) is 0 Å². The van der Waals surface area contributed by atoms with Crippen molar-refractivity contribution < 1.29 is 9.47 Å². The van der Waals surface area contributed by atoms with Crippen LogP contribution in [-0.4, -0.2) is 31.5 Å². The molecule has 0 spiro atoms. The Morgan fingerprint density at radius 1 is 1.29 bits per heavy atom. The molecular formula is C14H27NO2. The molecule has 2 fully saturated rings. The summed E-state index contributed by atoms with van der Waals surface area (Å²) < 4.78 is 11.9. The lowest BCUT2D eigenvalue weighted by molar-refractivity contribution is -0.161. The third kappa shape index (κ3) is 3.43. The molecule has 0 aromatic rings. The average molecular weight is 241 g/mol. The van der Waals surface area contributed by atoms with E-state index in [-0.39, 0.29) is 5.60 Å². The Hall–Kier alpha value is -0.120. The summed E-state index contributed by atoms with van der Waals surface area (Å²) in [5, 5.41) is 0. The van der Waals surface area contributed by atoms with Crippen LogP contribution >= 0.6 is 0 Å². The van der Waals surface area contributed by atoms with Crippen LogP contribution in [0.5, 0.6) is 0 Å². The quantitative estimate of drug-likeness (QED) is 0.822. The number of ether oxygens (including phenoxy) is 2. The maximum atomic E-state index is 6.31. The van der Waals surface area contributed by atoms with Gasteiger partial charge in [-0.05, 0) is 44.4 Å². The third-order valence-electron chi connectivity index (χ3n) is 4.45. The Morgan fingerprint density at radius 3 is 2.59 bits per heavy atom. The Balaban J connectivity index is 1.82. The summed E-state index contributed by atoms with van der Waals surface area (Å²) in [5.74, 6) is 0.922. The summed E-state index contributed by atoms with van der Waals surface area (Å²) in [6.07, 6.45) is 8.95. The largest absolute Gasteiger partial charge is 0.378 e. The molecule has 3 nitrogen and oxygen atoms in total. The minimum atomic E-state index is -0.179. The van der Waals surface area contributed by atoms with Crippen LogP contribution in [0.25, 0.3) is 0 Å². The van der Waals surface area contributed by atoms with Crippen LogP contribution in [0.1, 0.15) is 51.9 Å². The first-order valence-electron chi connectivity index (χ1n) is 7.23. The van der Waals surface area contributed by atoms with Crippen LogP contribution in [0.15, 0.2) is 0 Å². The topological polar surface area (TPSA) is 44.5 Å². The molecule has 1 aliphatic heterocycles. The van der Waals surface area contributed by atoms with Gasteiger partial charge in [-0.2, -0.15) is 0 Å². The van der Waals surface area contributed by atoms with E-state index in [4.69, 9.17) is 15.2 Å². The van der Waals surface area contributed by atoms with Crippen molar-refractivity contribution in [2.24, 2.45) is 11.7 Å². The van der Waals surface area contributed by atoms with Gasteiger partial charge in [0.2, 0.25) is 0 Å². The first-order valence-corrected chi connectivity index (χ1v) is 7.23. The predicted octanol–water partition coefficient (Wildman–Crippen LogP) is 2.48. The molecule has 0 amide bonds. The van der Waals surface area contributed by atoms with Crippen molar-refractivity contribution in [3.8, 4) is 0 Å². The van der Waals surface area contributed by atoms with E-state index >= 15 is 0 Å². The second kappa shape index (κ2) is 6.17. The van der Waals surface area contributed by atoms with E-state index in [1.165, 1.54) is 32.1 Å². The predicted molar refractivity (Wildman–Crippen MR) is 69.0 cm³/mol. The number of nitrogens with two attached hydrogens (primary N) is 1. The second-order valence-electron chi connectivity index (χ2n) is 5.71. The third-order valence-corrected chi connectivity index (χ3v) is 4.45. The van der Waals surface area contributed by atoms with Gasteiger partial charge in [0.15, 0.2) is 0 Å². The van der Waals surface area contributed by atoms with Crippen LogP contribution < -0.4 is 5.73 Å². The summed E-state index contributed by atoms with van der Waals surface area (Å²) in [6.45, 7) is 4.45. The molecule has 2 N–H and O–H groups in total. The van der Waals surface area contributed by atoms with Gasteiger partial charge in [-0.1, -0.05) is 13.3 Å². The van der Waals surface area contributed by atoms with Gasteiger partial charge in [-0.3, -0.25) is 0 Å². The summed E-state index contributed by atoms with van der Waals surface area (Å²) in [5.41, 5.74) is 5.73. The van der Waals surface area contributed by atoms with E-state index < -0.39 is 0 Å². The lowest BCUT2D eigenvalue weighted by Gasteiger charge is -2.40. The molecule has 1 atom stereocenters. The lowest BCUT2D eigenvalue weighted by atomic mass is 9.85. The number of hydrogen-bond acceptors (Lipinski definition) is 3. The molecule has 100 valence electrons. The maximum absolute atomic E-state index is 6.31. The van der Waals surface area contributed by atoms with Crippen molar-refractivity contribution >= 4 is 0 Å². The smallest absolute Gasteiger partial charge is 0.104 e. The molecule has 0 aromatic heterocycles. The first kappa shape index (κ1) is 13.3. The molecule has 3 heteroatoms. The molecule has 1 saturated heterocycles. The molecular weight excluding hydrogens is 214 g/mol. The van der Waals surface area contributed by atoms with Crippen LogP contribution in [0.2, 0.25) is 0 Å². The van der Waals surface area contributed by atoms with Gasteiger partial charge >= 0.3 is 0 Å². The van der Waals surface area contributed by atoms with Crippen molar-refractivity contribution in [2.45, 2.75) is 63.6 Å². The zero-order valence-corrected chi connectivity index (χ0v) is 11.1. The van der Waals surface area contributed by atoms with E-state index in [0.29, 0.717) is 19.3 Å². The highest BCUT2D eigenvalue weighted by molar-refractivity contribution is 4.87. The highest BCUT2D eigenvalue weighted by atomic mass is 16.6. The minimum absolute atomic E-state index is 0.179. The van der Waals surface area contributed by atoms with Crippen LogP contribution in [-0.2, 0) is 9.47 Å². The van der Waals surface area contributed by atoms with Gasteiger partial charge in [0, 0.05) is 13.2 Å². The summed E-state index contributed by atoms with van der Waals surface area (Å²) >= 11 is 0. The molecule has 17 heavy (non-hydrogen) atoms. The lowest BCUT2D eigenvalue weighted by Crippen LogP contribution is -2.50. The van der Waals surface area contributed by atoms with Gasteiger partial charge in [0.1, 0.15) is 5.60 Å². The summed E-state index contributed by atoms with van der Waals surface area (Å²) in [4.78, 5) is 0. The molecule has 0 bridgehead atoms. The molecule has 0 aromatic carbocycles. The Kier molecular flexibility index (Phi) is 4.83. The van der Waals surface area contributed by atoms with E-state index in [0.717, 1.165) is 25.4 Å². The Bertz CT molecular complexity index is 218. The molecule has 1 aliphatic carbocycles. The highest BCUT2D eigenvalue weighted by Crippen LogP contribution is 2.33. The fourth-order valence-electron chi connectivity index (χ4n) is 3.14. The summed E-state index contributed by atoms with van der Waals surface area (Å²) in [7, 11) is 0. The fourth-order valence-corrected chi connectivity index (χ4v) is 3.14. The van der Waals surface area contributed by atoms with Crippen LogP contribution in [0.4, 0.5) is 0 Å². The highest BCUT2D eigenvalue weighted by Gasteiger charge is 2.36. The van der Waals surface area contributed by atoms with Gasteiger partial charge in [-0.15, -0.1) is 0 Å².